The standard InChI is InChI=1S/C15H23NO4/c1-6-10(2)15(17)16-9-12-13(19-4)7-11(18-3)8-14(12)20-5/h7-8,10H,6,9H2,1-5H3,(H,16,17). The van der Waals surface area contributed by atoms with Crippen molar-refractivity contribution in [3.8, 4) is 17.2 Å². The van der Waals surface area contributed by atoms with Crippen LogP contribution in [-0.2, 0) is 11.3 Å². The van der Waals surface area contributed by atoms with Gasteiger partial charge in [-0.1, -0.05) is 13.8 Å². The number of hydrogen-bond donors (Lipinski definition) is 1. The Hall–Kier alpha value is -1.91. The zero-order chi connectivity index (χ0) is 15.1. The van der Waals surface area contributed by atoms with E-state index in [4.69, 9.17) is 14.2 Å². The predicted octanol–water partition coefficient (Wildman–Crippen LogP) is 2.37. The third kappa shape index (κ3) is 3.79. The molecule has 0 bridgehead atoms. The maximum atomic E-state index is 11.9. The van der Waals surface area contributed by atoms with E-state index >= 15 is 0 Å². The highest BCUT2D eigenvalue weighted by Gasteiger charge is 2.16. The van der Waals surface area contributed by atoms with E-state index in [1.807, 2.05) is 13.8 Å². The van der Waals surface area contributed by atoms with Gasteiger partial charge in [0.25, 0.3) is 0 Å². The number of amides is 1. The molecular formula is C15H23NO4. The average Bonchev–Trinajstić information content (AvgIpc) is 2.50. The summed E-state index contributed by atoms with van der Waals surface area (Å²) in [6.07, 6.45) is 0.808. The van der Waals surface area contributed by atoms with Crippen LogP contribution in [0.5, 0.6) is 17.2 Å². The van der Waals surface area contributed by atoms with Crippen LogP contribution in [0.1, 0.15) is 25.8 Å². The van der Waals surface area contributed by atoms with Gasteiger partial charge in [-0.15, -0.1) is 0 Å². The number of nitrogens with one attached hydrogen (secondary N) is 1. The minimum atomic E-state index is -0.00904. The Morgan fingerprint density at radius 3 is 2.10 bits per heavy atom. The molecule has 0 fully saturated rings. The molecule has 0 aliphatic heterocycles. The van der Waals surface area contributed by atoms with Gasteiger partial charge in [-0.2, -0.15) is 0 Å². The molecule has 0 saturated carbocycles. The van der Waals surface area contributed by atoms with E-state index in [1.54, 1.807) is 33.5 Å². The second-order valence-corrected chi connectivity index (χ2v) is 4.54. The highest BCUT2D eigenvalue weighted by molar-refractivity contribution is 5.78. The van der Waals surface area contributed by atoms with Gasteiger partial charge in [0, 0.05) is 18.1 Å². The van der Waals surface area contributed by atoms with Crippen molar-refractivity contribution in [3.05, 3.63) is 17.7 Å². The lowest BCUT2D eigenvalue weighted by Gasteiger charge is -2.16. The third-order valence-electron chi connectivity index (χ3n) is 3.32. The molecule has 0 radical (unpaired) electrons. The number of hydrogen-bond acceptors (Lipinski definition) is 4. The summed E-state index contributed by atoms with van der Waals surface area (Å²) >= 11 is 0. The Balaban J connectivity index is 2.95. The van der Waals surface area contributed by atoms with Gasteiger partial charge in [0.1, 0.15) is 17.2 Å². The minimum absolute atomic E-state index is 0.00904. The van der Waals surface area contributed by atoms with Crippen LogP contribution >= 0.6 is 0 Å². The number of carbonyl (C=O) groups is 1. The fourth-order valence-corrected chi connectivity index (χ4v) is 1.79. The van der Waals surface area contributed by atoms with Crippen LogP contribution in [0.2, 0.25) is 0 Å². The van der Waals surface area contributed by atoms with E-state index in [1.165, 1.54) is 0 Å². The van der Waals surface area contributed by atoms with Gasteiger partial charge in [-0.25, -0.2) is 0 Å². The second kappa shape index (κ2) is 7.62. The minimum Gasteiger partial charge on any atom is -0.496 e. The molecule has 5 nitrogen and oxygen atoms in total. The molecule has 1 unspecified atom stereocenters. The summed E-state index contributed by atoms with van der Waals surface area (Å²) in [7, 11) is 4.74. The summed E-state index contributed by atoms with van der Waals surface area (Å²) in [5.74, 6) is 1.92. The quantitative estimate of drug-likeness (QED) is 0.833. The molecule has 0 aromatic heterocycles. The van der Waals surface area contributed by atoms with Crippen molar-refractivity contribution in [2.75, 3.05) is 21.3 Å². The van der Waals surface area contributed by atoms with Crippen LogP contribution in [0.15, 0.2) is 12.1 Å². The molecule has 1 aromatic carbocycles. The molecule has 1 N–H and O–H groups in total. The monoisotopic (exact) mass is 281 g/mol. The smallest absolute Gasteiger partial charge is 0.223 e. The molecule has 1 aromatic rings. The maximum absolute atomic E-state index is 11.9. The van der Waals surface area contributed by atoms with E-state index in [-0.39, 0.29) is 11.8 Å². The molecule has 1 amide bonds. The Morgan fingerprint density at radius 2 is 1.70 bits per heavy atom. The van der Waals surface area contributed by atoms with Crippen LogP contribution in [0.25, 0.3) is 0 Å². The fraction of sp³-hybridized carbons (Fsp3) is 0.533. The third-order valence-corrected chi connectivity index (χ3v) is 3.32. The molecule has 1 atom stereocenters. The summed E-state index contributed by atoms with van der Waals surface area (Å²) in [6, 6.07) is 3.54. The van der Waals surface area contributed by atoms with Gasteiger partial charge in [0.15, 0.2) is 0 Å². The number of methoxy groups -OCH3 is 3. The van der Waals surface area contributed by atoms with Gasteiger partial charge in [-0.3, -0.25) is 4.79 Å². The molecule has 20 heavy (non-hydrogen) atoms. The summed E-state index contributed by atoms with van der Waals surface area (Å²) in [6.45, 7) is 4.25. The topological polar surface area (TPSA) is 56.8 Å². The lowest BCUT2D eigenvalue weighted by Crippen LogP contribution is -2.28. The lowest BCUT2D eigenvalue weighted by molar-refractivity contribution is -0.124. The SMILES string of the molecule is CCC(C)C(=O)NCc1c(OC)cc(OC)cc1OC. The number of rotatable bonds is 7. The number of benzene rings is 1. The van der Waals surface area contributed by atoms with Crippen molar-refractivity contribution in [2.24, 2.45) is 5.92 Å². The highest BCUT2D eigenvalue weighted by Crippen LogP contribution is 2.33. The molecular weight excluding hydrogens is 258 g/mol. The van der Waals surface area contributed by atoms with Gasteiger partial charge in [0.05, 0.1) is 33.4 Å². The molecule has 112 valence electrons. The van der Waals surface area contributed by atoms with Gasteiger partial charge in [0.2, 0.25) is 5.91 Å². The van der Waals surface area contributed by atoms with E-state index < -0.39 is 0 Å². The van der Waals surface area contributed by atoms with E-state index in [0.717, 1.165) is 12.0 Å². The Kier molecular flexibility index (Phi) is 6.15. The van der Waals surface area contributed by atoms with Crippen LogP contribution in [-0.4, -0.2) is 27.2 Å². The molecule has 0 saturated heterocycles. The van der Waals surface area contributed by atoms with Crippen molar-refractivity contribution in [1.82, 2.24) is 5.32 Å². The van der Waals surface area contributed by atoms with Crippen molar-refractivity contribution in [2.45, 2.75) is 26.8 Å². The molecule has 0 spiro atoms. The molecule has 0 aliphatic carbocycles. The van der Waals surface area contributed by atoms with Crippen LogP contribution < -0.4 is 19.5 Å². The van der Waals surface area contributed by atoms with Crippen molar-refractivity contribution < 1.29 is 19.0 Å². The van der Waals surface area contributed by atoms with Crippen molar-refractivity contribution in [1.29, 1.82) is 0 Å². The van der Waals surface area contributed by atoms with E-state index in [9.17, 15) is 4.79 Å². The summed E-state index contributed by atoms with van der Waals surface area (Å²) in [5.41, 5.74) is 0.799. The molecule has 0 aliphatic rings. The lowest BCUT2D eigenvalue weighted by atomic mass is 10.1. The van der Waals surface area contributed by atoms with Crippen molar-refractivity contribution in [3.63, 3.8) is 0 Å². The first-order chi connectivity index (χ1) is 9.57. The van der Waals surface area contributed by atoms with E-state index in [0.29, 0.717) is 23.8 Å². The average molecular weight is 281 g/mol. The first-order valence-electron chi connectivity index (χ1n) is 6.63. The van der Waals surface area contributed by atoms with Gasteiger partial charge in [-0.05, 0) is 6.42 Å². The predicted molar refractivity (Wildman–Crippen MR) is 77.4 cm³/mol. The number of ether oxygens (including phenoxy) is 3. The van der Waals surface area contributed by atoms with Crippen molar-refractivity contribution >= 4 is 5.91 Å². The summed E-state index contributed by atoms with van der Waals surface area (Å²) in [5, 5.41) is 2.90. The number of carbonyl (C=O) groups excluding carboxylic acids is 1. The normalized spacial score (nSPS) is 11.7. The summed E-state index contributed by atoms with van der Waals surface area (Å²) in [4.78, 5) is 11.9. The van der Waals surface area contributed by atoms with Crippen LogP contribution in [0.3, 0.4) is 0 Å². The van der Waals surface area contributed by atoms with E-state index in [2.05, 4.69) is 5.32 Å². The Labute approximate surface area is 120 Å². The largest absolute Gasteiger partial charge is 0.496 e. The molecule has 1 rings (SSSR count). The van der Waals surface area contributed by atoms with Crippen LogP contribution in [0.4, 0.5) is 0 Å². The van der Waals surface area contributed by atoms with Gasteiger partial charge < -0.3 is 19.5 Å². The zero-order valence-electron chi connectivity index (χ0n) is 12.8. The first-order valence-corrected chi connectivity index (χ1v) is 6.63. The molecule has 0 heterocycles. The maximum Gasteiger partial charge on any atom is 0.223 e. The first kappa shape index (κ1) is 16.1. The summed E-state index contributed by atoms with van der Waals surface area (Å²) < 4.78 is 15.9. The van der Waals surface area contributed by atoms with Crippen LogP contribution in [0, 0.1) is 5.92 Å². The zero-order valence-corrected chi connectivity index (χ0v) is 12.8. The fourth-order valence-electron chi connectivity index (χ4n) is 1.79. The second-order valence-electron chi connectivity index (χ2n) is 4.54. The molecule has 5 heteroatoms. The highest BCUT2D eigenvalue weighted by atomic mass is 16.5. The Bertz CT molecular complexity index is 434. The van der Waals surface area contributed by atoms with Gasteiger partial charge >= 0.3 is 0 Å². The Morgan fingerprint density at radius 1 is 1.15 bits per heavy atom.